The van der Waals surface area contributed by atoms with Crippen LogP contribution in [0, 0.1) is 11.3 Å². The molecule has 1 atom stereocenters. The fourth-order valence-electron chi connectivity index (χ4n) is 3.19. The van der Waals surface area contributed by atoms with Crippen LogP contribution < -0.4 is 5.32 Å². The molecule has 1 aliphatic rings. The van der Waals surface area contributed by atoms with Crippen LogP contribution in [0.15, 0.2) is 0 Å². The highest BCUT2D eigenvalue weighted by Crippen LogP contribution is 2.38. The Balaban J connectivity index is 2.42. The molecular weight excluding hydrogens is 196 g/mol. The van der Waals surface area contributed by atoms with Gasteiger partial charge in [-0.25, -0.2) is 0 Å². The monoisotopic (exact) mass is 226 g/mol. The second kappa shape index (κ2) is 6.61. The molecule has 0 radical (unpaired) electrons. The second-order valence-electron chi connectivity index (χ2n) is 5.95. The predicted octanol–water partition coefficient (Wildman–Crippen LogP) is 2.74. The van der Waals surface area contributed by atoms with Gasteiger partial charge in [-0.15, -0.1) is 0 Å². The minimum absolute atomic E-state index is 0.566. The van der Waals surface area contributed by atoms with Gasteiger partial charge in [0.15, 0.2) is 0 Å². The Hall–Kier alpha value is -0.0800. The van der Waals surface area contributed by atoms with Crippen molar-refractivity contribution in [3.05, 3.63) is 0 Å². The SMILES string of the molecule is CCC(C)CN(C)CC1(CNC)CCCC1. The maximum atomic E-state index is 3.40. The molecule has 0 amide bonds. The normalized spacial score (nSPS) is 21.6. The molecule has 0 aromatic carbocycles. The first-order valence-electron chi connectivity index (χ1n) is 6.95. The molecule has 1 saturated carbocycles. The van der Waals surface area contributed by atoms with Gasteiger partial charge in [0.05, 0.1) is 0 Å². The predicted molar refractivity (Wildman–Crippen MR) is 71.8 cm³/mol. The average Bonchev–Trinajstić information content (AvgIpc) is 2.66. The van der Waals surface area contributed by atoms with E-state index < -0.39 is 0 Å². The summed E-state index contributed by atoms with van der Waals surface area (Å²) in [5.74, 6) is 0.832. The summed E-state index contributed by atoms with van der Waals surface area (Å²) in [7, 11) is 4.39. The number of nitrogens with one attached hydrogen (secondary N) is 1. The molecule has 1 rings (SSSR count). The zero-order valence-electron chi connectivity index (χ0n) is 11.7. The van der Waals surface area contributed by atoms with Crippen LogP contribution in [0.1, 0.15) is 46.0 Å². The van der Waals surface area contributed by atoms with Gasteiger partial charge in [0.25, 0.3) is 0 Å². The fourth-order valence-corrected chi connectivity index (χ4v) is 3.19. The molecule has 0 aliphatic heterocycles. The Morgan fingerprint density at radius 2 is 1.94 bits per heavy atom. The summed E-state index contributed by atoms with van der Waals surface area (Å²) < 4.78 is 0. The lowest BCUT2D eigenvalue weighted by molar-refractivity contribution is 0.160. The van der Waals surface area contributed by atoms with Gasteiger partial charge in [-0.2, -0.15) is 0 Å². The van der Waals surface area contributed by atoms with Crippen LogP contribution in [-0.4, -0.2) is 38.6 Å². The van der Waals surface area contributed by atoms with E-state index >= 15 is 0 Å². The summed E-state index contributed by atoms with van der Waals surface area (Å²) >= 11 is 0. The first-order valence-corrected chi connectivity index (χ1v) is 6.95. The highest BCUT2D eigenvalue weighted by Gasteiger charge is 2.34. The standard InChI is InChI=1S/C14H30N2/c1-5-13(2)10-16(4)12-14(11-15-3)8-6-7-9-14/h13,15H,5-12H2,1-4H3. The third kappa shape index (κ3) is 4.06. The summed E-state index contributed by atoms with van der Waals surface area (Å²) in [6.45, 7) is 8.37. The fraction of sp³-hybridized carbons (Fsp3) is 1.00. The van der Waals surface area contributed by atoms with Crippen LogP contribution >= 0.6 is 0 Å². The van der Waals surface area contributed by atoms with Crippen LogP contribution in [0.4, 0.5) is 0 Å². The van der Waals surface area contributed by atoms with Gasteiger partial charge in [-0.1, -0.05) is 33.1 Å². The molecule has 1 aliphatic carbocycles. The number of rotatable bonds is 7. The van der Waals surface area contributed by atoms with Gasteiger partial charge in [0, 0.05) is 19.6 Å². The van der Waals surface area contributed by atoms with Gasteiger partial charge < -0.3 is 10.2 Å². The van der Waals surface area contributed by atoms with Crippen LogP contribution in [0.2, 0.25) is 0 Å². The van der Waals surface area contributed by atoms with E-state index in [1.807, 2.05) is 0 Å². The van der Waals surface area contributed by atoms with Crippen molar-refractivity contribution in [1.29, 1.82) is 0 Å². The summed E-state index contributed by atoms with van der Waals surface area (Å²) in [6, 6.07) is 0. The Morgan fingerprint density at radius 3 is 2.44 bits per heavy atom. The Labute approximate surface area is 102 Å². The summed E-state index contributed by atoms with van der Waals surface area (Å²) in [5.41, 5.74) is 0.566. The van der Waals surface area contributed by atoms with Crippen molar-refractivity contribution in [3.8, 4) is 0 Å². The van der Waals surface area contributed by atoms with Crippen molar-refractivity contribution in [2.24, 2.45) is 11.3 Å². The highest BCUT2D eigenvalue weighted by atomic mass is 15.1. The second-order valence-corrected chi connectivity index (χ2v) is 5.95. The molecule has 0 saturated heterocycles. The van der Waals surface area contributed by atoms with Crippen molar-refractivity contribution < 1.29 is 0 Å². The van der Waals surface area contributed by atoms with E-state index in [-0.39, 0.29) is 0 Å². The molecule has 0 aromatic heterocycles. The number of hydrogen-bond donors (Lipinski definition) is 1. The van der Waals surface area contributed by atoms with E-state index in [1.54, 1.807) is 0 Å². The van der Waals surface area contributed by atoms with Crippen molar-refractivity contribution >= 4 is 0 Å². The third-order valence-corrected chi connectivity index (χ3v) is 4.14. The van der Waals surface area contributed by atoms with Crippen molar-refractivity contribution in [2.75, 3.05) is 33.7 Å². The molecule has 0 bridgehead atoms. The zero-order valence-corrected chi connectivity index (χ0v) is 11.7. The van der Waals surface area contributed by atoms with E-state index in [0.29, 0.717) is 5.41 Å². The molecule has 2 nitrogen and oxygen atoms in total. The number of hydrogen-bond acceptors (Lipinski definition) is 2. The molecule has 0 aromatic rings. The lowest BCUT2D eigenvalue weighted by Gasteiger charge is -2.34. The topological polar surface area (TPSA) is 15.3 Å². The lowest BCUT2D eigenvalue weighted by atomic mass is 9.85. The minimum Gasteiger partial charge on any atom is -0.319 e. The third-order valence-electron chi connectivity index (χ3n) is 4.14. The van der Waals surface area contributed by atoms with Crippen LogP contribution in [0.25, 0.3) is 0 Å². The summed E-state index contributed by atoms with van der Waals surface area (Å²) in [4.78, 5) is 2.55. The van der Waals surface area contributed by atoms with Crippen molar-refractivity contribution in [1.82, 2.24) is 10.2 Å². The van der Waals surface area contributed by atoms with Crippen LogP contribution in [0.3, 0.4) is 0 Å². The Kier molecular flexibility index (Phi) is 5.77. The smallest absolute Gasteiger partial charge is 0.00472 e. The molecule has 16 heavy (non-hydrogen) atoms. The minimum atomic E-state index is 0.566. The first-order chi connectivity index (χ1) is 7.62. The highest BCUT2D eigenvalue weighted by molar-refractivity contribution is 4.88. The van der Waals surface area contributed by atoms with E-state index in [2.05, 4.69) is 38.2 Å². The molecule has 0 heterocycles. The summed E-state index contributed by atoms with van der Waals surface area (Å²) in [5, 5.41) is 3.40. The zero-order chi connectivity index (χ0) is 12.0. The quantitative estimate of drug-likeness (QED) is 0.718. The van der Waals surface area contributed by atoms with Crippen LogP contribution in [0.5, 0.6) is 0 Å². The molecule has 1 unspecified atom stereocenters. The maximum Gasteiger partial charge on any atom is 0.00472 e. The van der Waals surface area contributed by atoms with Crippen molar-refractivity contribution in [2.45, 2.75) is 46.0 Å². The van der Waals surface area contributed by atoms with E-state index in [0.717, 1.165) is 5.92 Å². The Bertz CT molecular complexity index is 185. The van der Waals surface area contributed by atoms with Gasteiger partial charge in [-0.3, -0.25) is 0 Å². The molecule has 0 spiro atoms. The van der Waals surface area contributed by atoms with Crippen molar-refractivity contribution in [3.63, 3.8) is 0 Å². The van der Waals surface area contributed by atoms with Gasteiger partial charge >= 0.3 is 0 Å². The molecular formula is C14H30N2. The molecule has 1 fully saturated rings. The maximum absolute atomic E-state index is 3.40. The van der Waals surface area contributed by atoms with Crippen LogP contribution in [-0.2, 0) is 0 Å². The molecule has 96 valence electrons. The largest absolute Gasteiger partial charge is 0.319 e. The van der Waals surface area contributed by atoms with E-state index in [1.165, 1.54) is 51.7 Å². The lowest BCUT2D eigenvalue weighted by Crippen LogP contribution is -2.41. The summed E-state index contributed by atoms with van der Waals surface area (Å²) in [6.07, 6.45) is 6.98. The number of nitrogens with zero attached hydrogens (tertiary/aromatic N) is 1. The van der Waals surface area contributed by atoms with E-state index in [9.17, 15) is 0 Å². The first kappa shape index (κ1) is 14.0. The van der Waals surface area contributed by atoms with Gasteiger partial charge in [0.2, 0.25) is 0 Å². The van der Waals surface area contributed by atoms with E-state index in [4.69, 9.17) is 0 Å². The average molecular weight is 226 g/mol. The molecule has 2 heteroatoms. The van der Waals surface area contributed by atoms with Gasteiger partial charge in [-0.05, 0) is 38.3 Å². The molecule has 1 N–H and O–H groups in total. The Morgan fingerprint density at radius 1 is 1.31 bits per heavy atom. The van der Waals surface area contributed by atoms with Gasteiger partial charge in [0.1, 0.15) is 0 Å².